The Morgan fingerprint density at radius 1 is 1.00 bits per heavy atom. The quantitative estimate of drug-likeness (QED) is 0.740. The summed E-state index contributed by atoms with van der Waals surface area (Å²) < 4.78 is 0. The predicted octanol–water partition coefficient (Wildman–Crippen LogP) is 4.64. The van der Waals surface area contributed by atoms with Crippen molar-refractivity contribution in [1.82, 2.24) is 0 Å². The maximum absolute atomic E-state index is 9.61. The average molecular weight is 276 g/mol. The third kappa shape index (κ3) is 1.71. The van der Waals surface area contributed by atoms with Crippen molar-refractivity contribution in [3.05, 3.63) is 0 Å². The molecule has 4 fully saturated rings. The number of hydrogen-bond donors (Lipinski definition) is 1. The van der Waals surface area contributed by atoms with Gasteiger partial charge in [0.05, 0.1) is 0 Å². The molecule has 0 aromatic carbocycles. The van der Waals surface area contributed by atoms with E-state index in [1.807, 2.05) is 0 Å². The molecule has 114 valence electrons. The topological polar surface area (TPSA) is 20.2 Å². The lowest BCUT2D eigenvalue weighted by atomic mass is 9.48. The van der Waals surface area contributed by atoms with Crippen molar-refractivity contribution in [1.29, 1.82) is 0 Å². The van der Waals surface area contributed by atoms with Crippen molar-refractivity contribution in [2.45, 2.75) is 71.6 Å². The molecule has 0 amide bonds. The Balaban J connectivity index is 1.62. The van der Waals surface area contributed by atoms with Crippen molar-refractivity contribution in [2.75, 3.05) is 6.61 Å². The Morgan fingerprint density at radius 2 is 1.85 bits per heavy atom. The first-order chi connectivity index (χ1) is 9.57. The van der Waals surface area contributed by atoms with E-state index >= 15 is 0 Å². The van der Waals surface area contributed by atoms with E-state index < -0.39 is 0 Å². The standard InChI is InChI=1S/C19H32O/c1-18-8-3-4-16(18)15-6-5-14-10-13(12-20)11-19(14,2)17(15)7-9-18/h13-17,20H,3-12H2,1-2H3/t13-,14-,15?,16?,17?,18-,19-/m0/s1. The van der Waals surface area contributed by atoms with Gasteiger partial charge in [0.2, 0.25) is 0 Å². The molecule has 0 spiro atoms. The van der Waals surface area contributed by atoms with Crippen molar-refractivity contribution in [2.24, 2.45) is 40.4 Å². The first-order valence-electron chi connectivity index (χ1n) is 9.18. The highest BCUT2D eigenvalue weighted by Gasteiger charge is 2.59. The van der Waals surface area contributed by atoms with Crippen LogP contribution in [-0.2, 0) is 0 Å². The summed E-state index contributed by atoms with van der Waals surface area (Å²) in [7, 11) is 0. The lowest BCUT2D eigenvalue weighted by Gasteiger charge is -2.56. The van der Waals surface area contributed by atoms with Gasteiger partial charge >= 0.3 is 0 Å². The molecule has 4 rings (SSSR count). The van der Waals surface area contributed by atoms with Crippen molar-refractivity contribution in [3.8, 4) is 0 Å². The van der Waals surface area contributed by atoms with Gasteiger partial charge in [-0.1, -0.05) is 20.3 Å². The maximum Gasteiger partial charge on any atom is 0.0459 e. The summed E-state index contributed by atoms with van der Waals surface area (Å²) in [6, 6.07) is 0. The van der Waals surface area contributed by atoms with Crippen LogP contribution < -0.4 is 0 Å². The first kappa shape index (κ1) is 13.6. The van der Waals surface area contributed by atoms with Crippen LogP contribution in [0.4, 0.5) is 0 Å². The Bertz CT molecular complexity index is 391. The van der Waals surface area contributed by atoms with Gasteiger partial charge in [-0.15, -0.1) is 0 Å². The molecule has 0 aliphatic heterocycles. The summed E-state index contributed by atoms with van der Waals surface area (Å²) in [6.45, 7) is 5.63. The highest BCUT2D eigenvalue weighted by atomic mass is 16.3. The molecule has 7 atom stereocenters. The van der Waals surface area contributed by atoms with E-state index in [1.54, 1.807) is 0 Å². The Morgan fingerprint density at radius 3 is 2.65 bits per heavy atom. The molecule has 1 N–H and O–H groups in total. The molecule has 4 saturated carbocycles. The van der Waals surface area contributed by atoms with Crippen LogP contribution in [-0.4, -0.2) is 11.7 Å². The molecule has 20 heavy (non-hydrogen) atoms. The number of rotatable bonds is 1. The molecule has 1 nitrogen and oxygen atoms in total. The van der Waals surface area contributed by atoms with E-state index in [2.05, 4.69) is 13.8 Å². The number of hydrogen-bond acceptors (Lipinski definition) is 1. The molecule has 0 heterocycles. The number of aliphatic hydroxyl groups excluding tert-OH is 1. The lowest BCUT2D eigenvalue weighted by molar-refractivity contribution is -0.0751. The molecule has 4 aliphatic carbocycles. The van der Waals surface area contributed by atoms with Gasteiger partial charge in [0.15, 0.2) is 0 Å². The van der Waals surface area contributed by atoms with Crippen LogP contribution in [0, 0.1) is 40.4 Å². The molecule has 0 bridgehead atoms. The molecular formula is C19H32O. The van der Waals surface area contributed by atoms with E-state index in [-0.39, 0.29) is 0 Å². The smallest absolute Gasteiger partial charge is 0.0459 e. The fourth-order valence-corrected chi connectivity index (χ4v) is 7.48. The summed E-state index contributed by atoms with van der Waals surface area (Å²) >= 11 is 0. The number of aliphatic hydroxyl groups is 1. The molecule has 1 heteroatoms. The molecule has 0 radical (unpaired) electrons. The zero-order valence-corrected chi connectivity index (χ0v) is 13.4. The Kier molecular flexibility index (Phi) is 3.05. The third-order valence-corrected chi connectivity index (χ3v) is 8.45. The molecule has 0 aromatic heterocycles. The van der Waals surface area contributed by atoms with Crippen LogP contribution in [0.1, 0.15) is 71.6 Å². The molecular weight excluding hydrogens is 244 g/mol. The van der Waals surface area contributed by atoms with E-state index in [9.17, 15) is 5.11 Å². The van der Waals surface area contributed by atoms with Crippen molar-refractivity contribution >= 4 is 0 Å². The van der Waals surface area contributed by atoms with Gasteiger partial charge in [-0.25, -0.2) is 0 Å². The van der Waals surface area contributed by atoms with Gasteiger partial charge in [0.25, 0.3) is 0 Å². The van der Waals surface area contributed by atoms with Crippen molar-refractivity contribution < 1.29 is 5.11 Å². The van der Waals surface area contributed by atoms with Crippen LogP contribution >= 0.6 is 0 Å². The molecule has 0 aromatic rings. The monoisotopic (exact) mass is 276 g/mol. The second-order valence-corrected chi connectivity index (χ2v) is 9.23. The van der Waals surface area contributed by atoms with Crippen LogP contribution in [0.3, 0.4) is 0 Å². The summed E-state index contributed by atoms with van der Waals surface area (Å²) in [4.78, 5) is 0. The summed E-state index contributed by atoms with van der Waals surface area (Å²) in [5.41, 5.74) is 1.26. The van der Waals surface area contributed by atoms with E-state index in [1.165, 1.54) is 57.8 Å². The van der Waals surface area contributed by atoms with Crippen LogP contribution in [0.15, 0.2) is 0 Å². The van der Waals surface area contributed by atoms with E-state index in [0.717, 1.165) is 23.7 Å². The van der Waals surface area contributed by atoms with Gasteiger partial charge in [-0.3, -0.25) is 0 Å². The number of fused-ring (bicyclic) bond motifs is 5. The van der Waals surface area contributed by atoms with E-state index in [0.29, 0.717) is 23.4 Å². The van der Waals surface area contributed by atoms with Gasteiger partial charge in [-0.05, 0) is 91.8 Å². The Labute approximate surface area is 124 Å². The molecule has 4 aliphatic rings. The normalized spacial score (nSPS) is 58.0. The highest BCUT2D eigenvalue weighted by Crippen LogP contribution is 2.67. The predicted molar refractivity (Wildman–Crippen MR) is 82.3 cm³/mol. The van der Waals surface area contributed by atoms with Crippen LogP contribution in [0.5, 0.6) is 0 Å². The summed E-state index contributed by atoms with van der Waals surface area (Å²) in [5, 5.41) is 9.61. The first-order valence-corrected chi connectivity index (χ1v) is 9.18. The minimum Gasteiger partial charge on any atom is -0.396 e. The van der Waals surface area contributed by atoms with Crippen molar-refractivity contribution in [3.63, 3.8) is 0 Å². The zero-order chi connectivity index (χ0) is 14.0. The highest BCUT2D eigenvalue weighted by molar-refractivity contribution is 5.08. The fraction of sp³-hybridized carbons (Fsp3) is 1.00. The zero-order valence-electron chi connectivity index (χ0n) is 13.4. The second-order valence-electron chi connectivity index (χ2n) is 9.23. The molecule has 0 saturated heterocycles. The van der Waals surface area contributed by atoms with Crippen LogP contribution in [0.2, 0.25) is 0 Å². The third-order valence-electron chi connectivity index (χ3n) is 8.45. The fourth-order valence-electron chi connectivity index (χ4n) is 7.48. The van der Waals surface area contributed by atoms with E-state index in [4.69, 9.17) is 0 Å². The Hall–Kier alpha value is -0.0400. The lowest BCUT2D eigenvalue weighted by Crippen LogP contribution is -2.49. The van der Waals surface area contributed by atoms with Gasteiger partial charge in [0, 0.05) is 6.61 Å². The summed E-state index contributed by atoms with van der Waals surface area (Å²) in [5.74, 6) is 4.57. The second kappa shape index (κ2) is 4.48. The largest absolute Gasteiger partial charge is 0.396 e. The SMILES string of the molecule is C[C@@]12CCCC1C1CC[C@H]3C[C@H](CO)C[C@]3(C)C1CC2. The van der Waals surface area contributed by atoms with Gasteiger partial charge in [-0.2, -0.15) is 0 Å². The molecule has 3 unspecified atom stereocenters. The average Bonchev–Trinajstić information content (AvgIpc) is 2.97. The summed E-state index contributed by atoms with van der Waals surface area (Å²) in [6.07, 6.45) is 13.1. The van der Waals surface area contributed by atoms with Crippen LogP contribution in [0.25, 0.3) is 0 Å². The van der Waals surface area contributed by atoms with Gasteiger partial charge in [0.1, 0.15) is 0 Å². The maximum atomic E-state index is 9.61. The minimum atomic E-state index is 0.435. The van der Waals surface area contributed by atoms with Gasteiger partial charge < -0.3 is 5.11 Å². The minimum absolute atomic E-state index is 0.435.